The van der Waals surface area contributed by atoms with Crippen LogP contribution in [0.5, 0.6) is 0 Å². The molecule has 1 atom stereocenters. The van der Waals surface area contributed by atoms with E-state index in [-0.39, 0.29) is 30.1 Å². The molecule has 11 nitrogen and oxygen atoms in total. The number of piperidine rings is 2. The highest BCUT2D eigenvalue weighted by atomic mass is 16.5. The number of amides is 5. The molecule has 1 aliphatic carbocycles. The topological polar surface area (TPSA) is 145 Å². The van der Waals surface area contributed by atoms with Crippen molar-refractivity contribution in [1.29, 1.82) is 0 Å². The Bertz CT molecular complexity index is 1080. The van der Waals surface area contributed by atoms with Crippen LogP contribution in [0.1, 0.15) is 65.7 Å². The van der Waals surface area contributed by atoms with E-state index in [1.165, 1.54) is 4.90 Å². The molecule has 3 fully saturated rings. The molecule has 5 amide bonds. The Hall–Kier alpha value is -3.47. The van der Waals surface area contributed by atoms with Gasteiger partial charge in [0.25, 0.3) is 11.8 Å². The van der Waals surface area contributed by atoms with E-state index in [1.807, 2.05) is 0 Å². The van der Waals surface area contributed by atoms with Crippen LogP contribution >= 0.6 is 0 Å². The average molecular weight is 470 g/mol. The number of likely N-dealkylation sites (tertiary alicyclic amines) is 1. The van der Waals surface area contributed by atoms with E-state index in [0.717, 1.165) is 24.2 Å². The van der Waals surface area contributed by atoms with Gasteiger partial charge in [0.1, 0.15) is 11.8 Å². The molecule has 0 radical (unpaired) electrons. The zero-order valence-electron chi connectivity index (χ0n) is 18.5. The highest BCUT2D eigenvalue weighted by Crippen LogP contribution is 2.41. The van der Waals surface area contributed by atoms with Gasteiger partial charge in [-0.2, -0.15) is 0 Å². The van der Waals surface area contributed by atoms with Crippen molar-refractivity contribution in [1.82, 2.24) is 15.1 Å². The SMILES string of the molecule is O=C1CCC(N2C(=O)c3cccc(NC4(OC5CCN(C(=O)O)CC5)CCC4)c3C2=O)C(=O)N1. The van der Waals surface area contributed by atoms with Gasteiger partial charge in [-0.25, -0.2) is 4.79 Å². The normalized spacial score (nSPS) is 24.5. The fourth-order valence-electron chi connectivity index (χ4n) is 5.12. The maximum Gasteiger partial charge on any atom is 0.407 e. The summed E-state index contributed by atoms with van der Waals surface area (Å²) < 4.78 is 6.40. The largest absolute Gasteiger partial charge is 0.465 e. The summed E-state index contributed by atoms with van der Waals surface area (Å²) in [5.74, 6) is -2.19. The van der Waals surface area contributed by atoms with Gasteiger partial charge in [0.2, 0.25) is 11.8 Å². The molecule has 180 valence electrons. The van der Waals surface area contributed by atoms with Crippen molar-refractivity contribution in [3.63, 3.8) is 0 Å². The molecule has 1 aromatic rings. The van der Waals surface area contributed by atoms with Crippen molar-refractivity contribution in [2.45, 2.75) is 62.8 Å². The molecule has 3 N–H and O–H groups in total. The van der Waals surface area contributed by atoms with Crippen LogP contribution in [0.4, 0.5) is 10.5 Å². The van der Waals surface area contributed by atoms with Crippen LogP contribution in [0.3, 0.4) is 0 Å². The molecule has 0 aromatic heterocycles. The van der Waals surface area contributed by atoms with Crippen molar-refractivity contribution in [3.05, 3.63) is 29.3 Å². The fraction of sp³-hybridized carbons (Fsp3) is 0.522. The number of nitrogens with zero attached hydrogens (tertiary/aromatic N) is 2. The fourth-order valence-corrected chi connectivity index (χ4v) is 5.12. The summed E-state index contributed by atoms with van der Waals surface area (Å²) in [7, 11) is 0. The molecule has 4 aliphatic rings. The molecular formula is C23H26N4O7. The quantitative estimate of drug-likeness (QED) is 0.434. The van der Waals surface area contributed by atoms with Crippen molar-refractivity contribution in [3.8, 4) is 0 Å². The Morgan fingerprint density at radius 2 is 1.82 bits per heavy atom. The van der Waals surface area contributed by atoms with Crippen LogP contribution in [0, 0.1) is 0 Å². The number of imide groups is 2. The van der Waals surface area contributed by atoms with Crippen LogP contribution in [0.15, 0.2) is 18.2 Å². The molecular weight excluding hydrogens is 444 g/mol. The molecule has 0 spiro atoms. The van der Waals surface area contributed by atoms with Gasteiger partial charge in [-0.3, -0.25) is 29.4 Å². The molecule has 0 bridgehead atoms. The van der Waals surface area contributed by atoms with Gasteiger partial charge in [-0.05, 0) is 50.7 Å². The predicted molar refractivity (Wildman–Crippen MR) is 117 cm³/mol. The van der Waals surface area contributed by atoms with Gasteiger partial charge in [0.05, 0.1) is 17.2 Å². The van der Waals surface area contributed by atoms with Crippen LogP contribution in [-0.4, -0.2) is 75.6 Å². The second kappa shape index (κ2) is 8.39. The lowest BCUT2D eigenvalue weighted by Gasteiger charge is -2.46. The Labute approximate surface area is 195 Å². The summed E-state index contributed by atoms with van der Waals surface area (Å²) in [6.45, 7) is 0.815. The maximum atomic E-state index is 13.3. The minimum atomic E-state index is -1.02. The third kappa shape index (κ3) is 3.79. The van der Waals surface area contributed by atoms with Crippen LogP contribution in [0.2, 0.25) is 0 Å². The summed E-state index contributed by atoms with van der Waals surface area (Å²) in [6, 6.07) is 3.93. The number of anilines is 1. The number of fused-ring (bicyclic) bond motifs is 1. The number of nitrogens with one attached hydrogen (secondary N) is 2. The first-order valence-corrected chi connectivity index (χ1v) is 11.6. The summed E-state index contributed by atoms with van der Waals surface area (Å²) in [5.41, 5.74) is 0.182. The first-order chi connectivity index (χ1) is 16.3. The van der Waals surface area contributed by atoms with E-state index in [9.17, 15) is 24.0 Å². The molecule has 5 rings (SSSR count). The monoisotopic (exact) mass is 470 g/mol. The van der Waals surface area contributed by atoms with E-state index < -0.39 is 41.5 Å². The summed E-state index contributed by atoms with van der Waals surface area (Å²) in [5, 5.41) is 14.7. The zero-order chi connectivity index (χ0) is 24.0. The third-order valence-corrected chi connectivity index (χ3v) is 7.10. The Kier molecular flexibility index (Phi) is 5.51. The number of hydrogen-bond acceptors (Lipinski definition) is 7. The second-order valence-electron chi connectivity index (χ2n) is 9.24. The number of rotatable bonds is 5. The van der Waals surface area contributed by atoms with Crippen LogP contribution in [-0.2, 0) is 14.3 Å². The third-order valence-electron chi connectivity index (χ3n) is 7.10. The van der Waals surface area contributed by atoms with E-state index >= 15 is 0 Å². The molecule has 34 heavy (non-hydrogen) atoms. The lowest BCUT2D eigenvalue weighted by molar-refractivity contribution is -0.136. The van der Waals surface area contributed by atoms with E-state index in [4.69, 9.17) is 9.84 Å². The Morgan fingerprint density at radius 3 is 2.44 bits per heavy atom. The van der Waals surface area contributed by atoms with Crippen molar-refractivity contribution in [2.75, 3.05) is 18.4 Å². The van der Waals surface area contributed by atoms with Gasteiger partial charge < -0.3 is 20.1 Å². The van der Waals surface area contributed by atoms with E-state index in [1.54, 1.807) is 18.2 Å². The maximum absolute atomic E-state index is 13.3. The molecule has 1 aromatic carbocycles. The van der Waals surface area contributed by atoms with Gasteiger partial charge in [0, 0.05) is 25.2 Å². The van der Waals surface area contributed by atoms with Crippen LogP contribution < -0.4 is 10.6 Å². The number of benzene rings is 1. The minimum Gasteiger partial charge on any atom is -0.465 e. The highest BCUT2D eigenvalue weighted by molar-refractivity contribution is 6.25. The summed E-state index contributed by atoms with van der Waals surface area (Å²) in [4.78, 5) is 63.7. The zero-order valence-corrected chi connectivity index (χ0v) is 18.5. The smallest absolute Gasteiger partial charge is 0.407 e. The number of hydrogen-bond donors (Lipinski definition) is 3. The van der Waals surface area contributed by atoms with E-state index in [2.05, 4.69) is 10.6 Å². The molecule has 2 saturated heterocycles. The van der Waals surface area contributed by atoms with Gasteiger partial charge in [-0.15, -0.1) is 0 Å². The molecule has 3 heterocycles. The average Bonchev–Trinajstić information content (AvgIpc) is 3.04. The summed E-state index contributed by atoms with van der Waals surface area (Å²) in [6.07, 6.45) is 2.66. The molecule has 1 saturated carbocycles. The molecule has 11 heteroatoms. The van der Waals surface area contributed by atoms with Crippen molar-refractivity contribution < 1.29 is 33.8 Å². The number of ether oxygens (including phenoxy) is 1. The lowest BCUT2D eigenvalue weighted by Crippen LogP contribution is -2.54. The molecule has 1 unspecified atom stereocenters. The Morgan fingerprint density at radius 1 is 1.09 bits per heavy atom. The standard InChI is InChI=1S/C23H26N4O7/c28-17-6-5-16(19(29)24-17)27-20(30)14-3-1-4-15(18(14)21(27)31)25-23(9-2-10-23)34-13-7-11-26(12-8-13)22(32)33/h1,3-4,13,16,25H,2,5-12H2,(H,32,33)(H,24,28,29). The second-order valence-corrected chi connectivity index (χ2v) is 9.24. The Balaban J connectivity index is 1.34. The van der Waals surface area contributed by atoms with Crippen molar-refractivity contribution in [2.24, 2.45) is 0 Å². The minimum absolute atomic E-state index is 0.0621. The van der Waals surface area contributed by atoms with Gasteiger partial charge >= 0.3 is 6.09 Å². The number of carbonyl (C=O) groups excluding carboxylic acids is 4. The number of carbonyl (C=O) groups is 5. The first-order valence-electron chi connectivity index (χ1n) is 11.6. The predicted octanol–water partition coefficient (Wildman–Crippen LogP) is 1.54. The molecule has 3 aliphatic heterocycles. The van der Waals surface area contributed by atoms with Crippen molar-refractivity contribution >= 4 is 35.4 Å². The van der Waals surface area contributed by atoms with Gasteiger partial charge in [-0.1, -0.05) is 6.07 Å². The van der Waals surface area contributed by atoms with E-state index in [0.29, 0.717) is 31.6 Å². The summed E-state index contributed by atoms with van der Waals surface area (Å²) >= 11 is 0. The first kappa shape index (κ1) is 22.3. The number of carboxylic acid groups (broad SMARTS) is 1. The lowest BCUT2D eigenvalue weighted by atomic mass is 9.86. The highest BCUT2D eigenvalue weighted by Gasteiger charge is 2.47. The van der Waals surface area contributed by atoms with Crippen LogP contribution in [0.25, 0.3) is 0 Å². The van der Waals surface area contributed by atoms with Gasteiger partial charge in [0.15, 0.2) is 0 Å².